The van der Waals surface area contributed by atoms with Crippen LogP contribution in [0.25, 0.3) is 10.9 Å². The minimum Gasteiger partial charge on any atom is -0.358 e. The topological polar surface area (TPSA) is 53.2 Å². The summed E-state index contributed by atoms with van der Waals surface area (Å²) in [6.45, 7) is 2.60. The fraction of sp³-hybridized carbons (Fsp3) is 0.263. The standard InChI is InChI=1S/C19H20N2O2S/c1-14-19(16-10-5-6-11-17(16)20-14)18-12-7-13-21(18)24(22,23)15-8-3-2-4-9-15/h2-6,8-11,18,20H,7,12-13H2,1H3. The normalized spacial score (nSPS) is 19.1. The van der Waals surface area contributed by atoms with Crippen LogP contribution in [-0.2, 0) is 10.0 Å². The van der Waals surface area contributed by atoms with Crippen LogP contribution in [0.3, 0.4) is 0 Å². The van der Waals surface area contributed by atoms with Crippen LogP contribution in [0.5, 0.6) is 0 Å². The Morgan fingerprint density at radius 2 is 1.75 bits per heavy atom. The van der Waals surface area contributed by atoms with Crippen LogP contribution in [0.15, 0.2) is 59.5 Å². The Kier molecular flexibility index (Phi) is 3.70. The Bertz CT molecular complexity index is 977. The van der Waals surface area contributed by atoms with E-state index in [-0.39, 0.29) is 6.04 Å². The van der Waals surface area contributed by atoms with Crippen LogP contribution < -0.4 is 0 Å². The summed E-state index contributed by atoms with van der Waals surface area (Å²) in [7, 11) is -3.48. The van der Waals surface area contributed by atoms with Gasteiger partial charge >= 0.3 is 0 Å². The summed E-state index contributed by atoms with van der Waals surface area (Å²) in [6, 6.07) is 16.7. The lowest BCUT2D eigenvalue weighted by Crippen LogP contribution is -2.30. The van der Waals surface area contributed by atoms with Gasteiger partial charge in [0.1, 0.15) is 0 Å². The van der Waals surface area contributed by atoms with Gasteiger partial charge in [0.15, 0.2) is 0 Å². The number of hydrogen-bond donors (Lipinski definition) is 1. The summed E-state index contributed by atoms with van der Waals surface area (Å²) in [6.07, 6.45) is 1.74. The monoisotopic (exact) mass is 340 g/mol. The molecule has 1 unspecified atom stereocenters. The molecular formula is C19H20N2O2S. The molecule has 1 aliphatic heterocycles. The van der Waals surface area contributed by atoms with Crippen molar-refractivity contribution in [1.29, 1.82) is 0 Å². The van der Waals surface area contributed by atoms with Crippen LogP contribution in [0.2, 0.25) is 0 Å². The van der Waals surface area contributed by atoms with E-state index in [1.165, 1.54) is 0 Å². The third kappa shape index (κ3) is 2.36. The zero-order chi connectivity index (χ0) is 16.7. The first-order valence-electron chi connectivity index (χ1n) is 8.23. The molecule has 124 valence electrons. The van der Waals surface area contributed by atoms with E-state index in [2.05, 4.69) is 11.1 Å². The van der Waals surface area contributed by atoms with Gasteiger partial charge in [-0.2, -0.15) is 4.31 Å². The Hall–Kier alpha value is -2.11. The summed E-state index contributed by atoms with van der Waals surface area (Å²) in [4.78, 5) is 3.76. The number of nitrogens with one attached hydrogen (secondary N) is 1. The van der Waals surface area contributed by atoms with Crippen LogP contribution in [-0.4, -0.2) is 24.3 Å². The molecule has 24 heavy (non-hydrogen) atoms. The van der Waals surface area contributed by atoms with Gasteiger partial charge in [0.25, 0.3) is 0 Å². The number of aromatic nitrogens is 1. The first-order valence-corrected chi connectivity index (χ1v) is 9.67. The number of benzene rings is 2. The number of aromatic amines is 1. The second-order valence-corrected chi connectivity index (χ2v) is 8.19. The average Bonchev–Trinajstić information content (AvgIpc) is 3.19. The van der Waals surface area contributed by atoms with Crippen molar-refractivity contribution in [1.82, 2.24) is 9.29 Å². The molecule has 1 saturated heterocycles. The molecule has 4 rings (SSSR count). The van der Waals surface area contributed by atoms with E-state index in [1.807, 2.05) is 31.2 Å². The summed E-state index contributed by atoms with van der Waals surface area (Å²) in [5.74, 6) is 0. The van der Waals surface area contributed by atoms with Crippen LogP contribution in [0.4, 0.5) is 0 Å². The second kappa shape index (κ2) is 5.76. The minimum atomic E-state index is -3.48. The molecule has 1 atom stereocenters. The molecule has 0 spiro atoms. The Morgan fingerprint density at radius 1 is 1.04 bits per heavy atom. The number of fused-ring (bicyclic) bond motifs is 1. The third-order valence-corrected chi connectivity index (χ3v) is 6.75. The Labute approximate surface area is 142 Å². The van der Waals surface area contributed by atoms with Crippen molar-refractivity contribution >= 4 is 20.9 Å². The molecule has 0 amide bonds. The molecule has 1 aromatic heterocycles. The lowest BCUT2D eigenvalue weighted by molar-refractivity contribution is 0.397. The number of sulfonamides is 1. The summed E-state index contributed by atoms with van der Waals surface area (Å²) in [5, 5.41) is 1.12. The Morgan fingerprint density at radius 3 is 2.54 bits per heavy atom. The van der Waals surface area contributed by atoms with Crippen LogP contribution in [0.1, 0.15) is 30.1 Å². The molecule has 1 aliphatic rings. The van der Waals surface area contributed by atoms with Gasteiger partial charge in [-0.05, 0) is 43.5 Å². The predicted octanol–water partition coefficient (Wildman–Crippen LogP) is 4.00. The second-order valence-electron chi connectivity index (χ2n) is 6.30. The predicted molar refractivity (Wildman–Crippen MR) is 95.3 cm³/mol. The van der Waals surface area contributed by atoms with Gasteiger partial charge < -0.3 is 4.98 Å². The maximum absolute atomic E-state index is 13.1. The van der Waals surface area contributed by atoms with Crippen molar-refractivity contribution < 1.29 is 8.42 Å². The van der Waals surface area contributed by atoms with Crippen molar-refractivity contribution in [3.05, 3.63) is 65.9 Å². The molecule has 3 aromatic rings. The van der Waals surface area contributed by atoms with Gasteiger partial charge in [-0.3, -0.25) is 0 Å². The summed E-state index contributed by atoms with van der Waals surface area (Å²) in [5.41, 5.74) is 3.23. The molecule has 4 nitrogen and oxygen atoms in total. The Balaban J connectivity index is 1.82. The molecule has 0 aliphatic carbocycles. The number of hydrogen-bond acceptors (Lipinski definition) is 2. The minimum absolute atomic E-state index is 0.105. The fourth-order valence-corrected chi connectivity index (χ4v) is 5.46. The maximum atomic E-state index is 13.1. The van der Waals surface area contributed by atoms with Crippen molar-refractivity contribution in [3.8, 4) is 0 Å². The van der Waals surface area contributed by atoms with Gasteiger partial charge in [-0.25, -0.2) is 8.42 Å². The maximum Gasteiger partial charge on any atom is 0.243 e. The number of H-pyrrole nitrogens is 1. The summed E-state index contributed by atoms with van der Waals surface area (Å²) < 4.78 is 27.9. The number of para-hydroxylation sites is 1. The van der Waals surface area contributed by atoms with Gasteiger partial charge in [0, 0.05) is 23.1 Å². The molecule has 2 heterocycles. The van der Waals surface area contributed by atoms with E-state index in [1.54, 1.807) is 28.6 Å². The highest BCUT2D eigenvalue weighted by atomic mass is 32.2. The first-order chi connectivity index (χ1) is 11.6. The van der Waals surface area contributed by atoms with Crippen molar-refractivity contribution in [3.63, 3.8) is 0 Å². The third-order valence-electron chi connectivity index (χ3n) is 4.83. The molecule has 5 heteroatoms. The van der Waals surface area contributed by atoms with Crippen molar-refractivity contribution in [2.45, 2.75) is 30.7 Å². The van der Waals surface area contributed by atoms with Crippen molar-refractivity contribution in [2.75, 3.05) is 6.54 Å². The highest BCUT2D eigenvalue weighted by Gasteiger charge is 2.37. The van der Waals surface area contributed by atoms with Crippen LogP contribution >= 0.6 is 0 Å². The van der Waals surface area contributed by atoms with E-state index < -0.39 is 10.0 Å². The average molecular weight is 340 g/mol. The molecule has 0 saturated carbocycles. The lowest BCUT2D eigenvalue weighted by atomic mass is 10.0. The van der Waals surface area contributed by atoms with E-state index in [4.69, 9.17) is 0 Å². The van der Waals surface area contributed by atoms with Crippen LogP contribution in [0, 0.1) is 6.92 Å². The van der Waals surface area contributed by atoms with E-state index in [0.29, 0.717) is 11.4 Å². The number of aryl methyl sites for hydroxylation is 1. The smallest absolute Gasteiger partial charge is 0.243 e. The number of rotatable bonds is 3. The van der Waals surface area contributed by atoms with Gasteiger partial charge in [-0.15, -0.1) is 0 Å². The van der Waals surface area contributed by atoms with E-state index in [0.717, 1.165) is 35.0 Å². The lowest BCUT2D eigenvalue weighted by Gasteiger charge is -2.24. The molecule has 0 bridgehead atoms. The largest absolute Gasteiger partial charge is 0.358 e. The van der Waals surface area contributed by atoms with Crippen molar-refractivity contribution in [2.24, 2.45) is 0 Å². The molecule has 2 aromatic carbocycles. The number of nitrogens with zero attached hydrogens (tertiary/aromatic N) is 1. The van der Waals surface area contributed by atoms with Gasteiger partial charge in [0.2, 0.25) is 10.0 Å². The SMILES string of the molecule is Cc1[nH]c2ccccc2c1C1CCCN1S(=O)(=O)c1ccccc1. The van der Waals surface area contributed by atoms with Gasteiger partial charge in [-0.1, -0.05) is 36.4 Å². The highest BCUT2D eigenvalue weighted by molar-refractivity contribution is 7.89. The van der Waals surface area contributed by atoms with Gasteiger partial charge in [0.05, 0.1) is 10.9 Å². The zero-order valence-electron chi connectivity index (χ0n) is 13.6. The highest BCUT2D eigenvalue weighted by Crippen LogP contribution is 2.40. The van der Waals surface area contributed by atoms with E-state index in [9.17, 15) is 8.42 Å². The fourth-order valence-electron chi connectivity index (χ4n) is 3.77. The summed E-state index contributed by atoms with van der Waals surface area (Å²) >= 11 is 0. The molecule has 0 radical (unpaired) electrons. The molecule has 1 N–H and O–H groups in total. The first kappa shape index (κ1) is 15.4. The molecular weight excluding hydrogens is 320 g/mol. The van der Waals surface area contributed by atoms with E-state index >= 15 is 0 Å². The zero-order valence-corrected chi connectivity index (χ0v) is 14.4. The quantitative estimate of drug-likeness (QED) is 0.783. The molecule has 1 fully saturated rings.